The molecular weight excluding hydrogens is 435 g/mol. The summed E-state index contributed by atoms with van der Waals surface area (Å²) in [5.41, 5.74) is -4.91. The lowest BCUT2D eigenvalue weighted by Gasteiger charge is -2.22. The van der Waals surface area contributed by atoms with Crippen LogP contribution in [0.15, 0.2) is 53.4 Å². The van der Waals surface area contributed by atoms with E-state index in [1.807, 2.05) is 0 Å². The van der Waals surface area contributed by atoms with Crippen LogP contribution < -0.4 is 0 Å². The van der Waals surface area contributed by atoms with Crippen LogP contribution in [0.4, 0.5) is 13.2 Å². The minimum atomic E-state index is -5.53. The van der Waals surface area contributed by atoms with Crippen LogP contribution in [-0.4, -0.2) is 44.4 Å². The third kappa shape index (κ3) is 5.48. The lowest BCUT2D eigenvalue weighted by Crippen LogP contribution is -2.35. The third-order valence-corrected chi connectivity index (χ3v) is 5.59. The van der Waals surface area contributed by atoms with Crippen molar-refractivity contribution in [2.24, 2.45) is 0 Å². The Balaban J connectivity index is 2.30. The van der Waals surface area contributed by atoms with Gasteiger partial charge in [0.05, 0.1) is 12.0 Å². The van der Waals surface area contributed by atoms with E-state index >= 15 is 0 Å². The van der Waals surface area contributed by atoms with Crippen LogP contribution in [-0.2, 0) is 25.9 Å². The lowest BCUT2D eigenvalue weighted by atomic mass is 10.1. The fourth-order valence-corrected chi connectivity index (χ4v) is 3.21. The molecule has 6 nitrogen and oxygen atoms in total. The SMILES string of the molecule is COC(=O)CN(Cc1ccc(Cl)cc1)C(=O)c1ccc(S(=O)(=O)C(F)(F)F)cc1. The van der Waals surface area contributed by atoms with Crippen molar-refractivity contribution in [2.75, 3.05) is 13.7 Å². The molecular formula is C18H15ClF3NO5S. The number of hydrogen-bond acceptors (Lipinski definition) is 5. The van der Waals surface area contributed by atoms with Crippen LogP contribution in [0.3, 0.4) is 0 Å². The van der Waals surface area contributed by atoms with Crippen LogP contribution in [0.25, 0.3) is 0 Å². The van der Waals surface area contributed by atoms with E-state index in [1.54, 1.807) is 24.3 Å². The molecule has 0 unspecified atom stereocenters. The quantitative estimate of drug-likeness (QED) is 0.631. The molecule has 156 valence electrons. The number of sulfone groups is 1. The molecule has 0 saturated heterocycles. The van der Waals surface area contributed by atoms with Gasteiger partial charge in [0, 0.05) is 17.1 Å². The summed E-state index contributed by atoms with van der Waals surface area (Å²) in [6.45, 7) is -0.422. The predicted octanol–water partition coefficient (Wildman–Crippen LogP) is 3.45. The van der Waals surface area contributed by atoms with Gasteiger partial charge in [0.2, 0.25) is 0 Å². The van der Waals surface area contributed by atoms with E-state index in [4.69, 9.17) is 11.6 Å². The second kappa shape index (κ2) is 8.83. The maximum atomic E-state index is 12.7. The summed E-state index contributed by atoms with van der Waals surface area (Å²) in [4.78, 5) is 24.5. The van der Waals surface area contributed by atoms with Crippen molar-refractivity contribution in [3.63, 3.8) is 0 Å². The Hall–Kier alpha value is -2.59. The molecule has 11 heteroatoms. The minimum Gasteiger partial charge on any atom is -0.468 e. The number of methoxy groups -OCH3 is 1. The van der Waals surface area contributed by atoms with Gasteiger partial charge in [0.1, 0.15) is 6.54 Å². The number of esters is 1. The molecule has 2 aromatic carbocycles. The van der Waals surface area contributed by atoms with Crippen molar-refractivity contribution in [2.45, 2.75) is 16.9 Å². The first-order valence-corrected chi connectivity index (χ1v) is 9.84. The summed E-state index contributed by atoms with van der Waals surface area (Å²) >= 11 is 5.81. The highest BCUT2D eigenvalue weighted by atomic mass is 35.5. The summed E-state index contributed by atoms with van der Waals surface area (Å²) in [7, 11) is -4.38. The van der Waals surface area contributed by atoms with E-state index in [0.29, 0.717) is 22.7 Å². The molecule has 0 atom stereocenters. The molecule has 0 radical (unpaired) electrons. The van der Waals surface area contributed by atoms with Gasteiger partial charge in [-0.15, -0.1) is 0 Å². The molecule has 2 aromatic rings. The van der Waals surface area contributed by atoms with Gasteiger partial charge >= 0.3 is 11.5 Å². The first kappa shape index (κ1) is 22.7. The fraction of sp³-hybridized carbons (Fsp3) is 0.222. The van der Waals surface area contributed by atoms with Gasteiger partial charge in [-0.25, -0.2) is 8.42 Å². The molecule has 1 amide bonds. The Kier molecular flexibility index (Phi) is 6.91. The maximum absolute atomic E-state index is 12.7. The van der Waals surface area contributed by atoms with Gasteiger partial charge in [0.25, 0.3) is 15.7 Å². The number of halogens is 4. The summed E-state index contributed by atoms with van der Waals surface area (Å²) < 4.78 is 65.3. The topological polar surface area (TPSA) is 80.8 Å². The van der Waals surface area contributed by atoms with E-state index < -0.39 is 38.7 Å². The smallest absolute Gasteiger partial charge is 0.468 e. The van der Waals surface area contributed by atoms with Crippen LogP contribution in [0.2, 0.25) is 5.02 Å². The number of carbonyl (C=O) groups is 2. The summed E-state index contributed by atoms with van der Waals surface area (Å²) in [6.07, 6.45) is 0. The Labute approximate surface area is 169 Å². The number of amides is 1. The number of nitrogens with zero attached hydrogens (tertiary/aromatic N) is 1. The first-order valence-electron chi connectivity index (χ1n) is 7.97. The molecule has 0 spiro atoms. The molecule has 2 rings (SSSR count). The largest absolute Gasteiger partial charge is 0.501 e. The third-order valence-electron chi connectivity index (χ3n) is 3.84. The lowest BCUT2D eigenvalue weighted by molar-refractivity contribution is -0.141. The second-order valence-electron chi connectivity index (χ2n) is 5.84. The molecule has 0 aliphatic heterocycles. The number of rotatable bonds is 6. The van der Waals surface area contributed by atoms with Crippen LogP contribution in [0.5, 0.6) is 0 Å². The van der Waals surface area contributed by atoms with Gasteiger partial charge in [-0.05, 0) is 42.0 Å². The molecule has 0 aliphatic carbocycles. The Bertz CT molecular complexity index is 990. The highest BCUT2D eigenvalue weighted by Gasteiger charge is 2.46. The Morgan fingerprint density at radius 3 is 2.07 bits per heavy atom. The average molecular weight is 450 g/mol. The van der Waals surface area contributed by atoms with Gasteiger partial charge in [-0.3, -0.25) is 9.59 Å². The zero-order chi connectivity index (χ0) is 21.8. The van der Waals surface area contributed by atoms with E-state index in [0.717, 1.165) is 24.1 Å². The summed E-state index contributed by atoms with van der Waals surface area (Å²) in [5.74, 6) is -1.40. The monoisotopic (exact) mass is 449 g/mol. The van der Waals surface area contributed by atoms with Crippen molar-refractivity contribution >= 4 is 33.3 Å². The highest BCUT2D eigenvalue weighted by Crippen LogP contribution is 2.30. The molecule has 0 bridgehead atoms. The van der Waals surface area contributed by atoms with Crippen LogP contribution in [0, 0.1) is 0 Å². The van der Waals surface area contributed by atoms with Crippen molar-refractivity contribution in [3.05, 3.63) is 64.7 Å². The first-order chi connectivity index (χ1) is 13.5. The standard InChI is InChI=1S/C18H15ClF3NO5S/c1-28-16(24)11-23(10-12-2-6-14(19)7-3-12)17(25)13-4-8-15(9-5-13)29(26,27)18(20,21)22/h2-9H,10-11H2,1H3. The van der Waals surface area contributed by atoms with Crippen molar-refractivity contribution in [1.29, 1.82) is 0 Å². The Morgan fingerprint density at radius 2 is 1.59 bits per heavy atom. The molecule has 0 aromatic heterocycles. The summed E-state index contributed by atoms with van der Waals surface area (Å²) in [5, 5.41) is 0.473. The van der Waals surface area contributed by atoms with E-state index in [1.165, 1.54) is 0 Å². The maximum Gasteiger partial charge on any atom is 0.501 e. The molecule has 0 fully saturated rings. The van der Waals surface area contributed by atoms with Crippen molar-refractivity contribution in [1.82, 2.24) is 4.90 Å². The van der Waals surface area contributed by atoms with Gasteiger partial charge in [0.15, 0.2) is 0 Å². The molecule has 0 saturated carbocycles. The van der Waals surface area contributed by atoms with E-state index in [-0.39, 0.29) is 12.1 Å². The zero-order valence-corrected chi connectivity index (χ0v) is 16.5. The van der Waals surface area contributed by atoms with E-state index in [9.17, 15) is 31.2 Å². The van der Waals surface area contributed by atoms with Gasteiger partial charge in [-0.2, -0.15) is 13.2 Å². The van der Waals surface area contributed by atoms with Gasteiger partial charge in [-0.1, -0.05) is 23.7 Å². The van der Waals surface area contributed by atoms with Gasteiger partial charge < -0.3 is 9.64 Å². The molecule has 0 N–H and O–H groups in total. The number of benzene rings is 2. The second-order valence-corrected chi connectivity index (χ2v) is 8.21. The predicted molar refractivity (Wildman–Crippen MR) is 97.9 cm³/mol. The van der Waals surface area contributed by atoms with Crippen LogP contribution >= 0.6 is 11.6 Å². The molecule has 0 heterocycles. The number of hydrogen-bond donors (Lipinski definition) is 0. The van der Waals surface area contributed by atoms with E-state index in [2.05, 4.69) is 4.74 Å². The zero-order valence-electron chi connectivity index (χ0n) is 14.9. The normalized spacial score (nSPS) is 11.8. The van der Waals surface area contributed by atoms with Crippen molar-refractivity contribution < 1.29 is 35.9 Å². The number of ether oxygens (including phenoxy) is 1. The summed E-state index contributed by atoms with van der Waals surface area (Å²) in [6, 6.07) is 9.74. The van der Waals surface area contributed by atoms with Crippen molar-refractivity contribution in [3.8, 4) is 0 Å². The molecule has 0 aliphatic rings. The number of carbonyl (C=O) groups excluding carboxylic acids is 2. The minimum absolute atomic E-state index is 0.00625. The Morgan fingerprint density at radius 1 is 1.03 bits per heavy atom. The van der Waals surface area contributed by atoms with Crippen LogP contribution in [0.1, 0.15) is 15.9 Å². The average Bonchev–Trinajstić information content (AvgIpc) is 2.67. The fourth-order valence-electron chi connectivity index (χ4n) is 2.32. The molecule has 29 heavy (non-hydrogen) atoms. The highest BCUT2D eigenvalue weighted by molar-refractivity contribution is 7.92. The number of alkyl halides is 3.